The molecule has 0 fully saturated rings. The van der Waals surface area contributed by atoms with Gasteiger partial charge in [0.05, 0.1) is 6.61 Å². The largest absolute Gasteiger partial charge is 0.466 e. The van der Waals surface area contributed by atoms with E-state index in [9.17, 15) is 4.79 Å². The summed E-state index contributed by atoms with van der Waals surface area (Å²) in [5.41, 5.74) is 0. The van der Waals surface area contributed by atoms with E-state index in [0.717, 1.165) is 32.2 Å². The second-order valence-electron chi connectivity index (χ2n) is 5.19. The van der Waals surface area contributed by atoms with E-state index in [4.69, 9.17) is 4.74 Å². The van der Waals surface area contributed by atoms with Crippen molar-refractivity contribution in [2.45, 2.75) is 58.9 Å². The SMILES string of the molecule is CCOC(=O)CCCCCNC(C)Cc1ccc(C)s1. The second-order valence-corrected chi connectivity index (χ2v) is 6.56. The zero-order valence-electron chi connectivity index (χ0n) is 12.9. The van der Waals surface area contributed by atoms with Crippen molar-refractivity contribution in [3.05, 3.63) is 21.9 Å². The molecule has 20 heavy (non-hydrogen) atoms. The summed E-state index contributed by atoms with van der Waals surface area (Å²) in [6.45, 7) is 7.73. The number of hydrogen-bond acceptors (Lipinski definition) is 4. The summed E-state index contributed by atoms with van der Waals surface area (Å²) >= 11 is 1.88. The molecule has 0 radical (unpaired) electrons. The van der Waals surface area contributed by atoms with Crippen molar-refractivity contribution in [1.29, 1.82) is 0 Å². The third-order valence-electron chi connectivity index (χ3n) is 3.16. The molecule has 0 aliphatic rings. The van der Waals surface area contributed by atoms with Gasteiger partial charge in [0.2, 0.25) is 0 Å². The number of esters is 1. The molecule has 1 unspecified atom stereocenters. The highest BCUT2D eigenvalue weighted by Crippen LogP contribution is 2.16. The highest BCUT2D eigenvalue weighted by molar-refractivity contribution is 7.11. The Morgan fingerprint density at radius 3 is 2.80 bits per heavy atom. The molecule has 114 valence electrons. The molecule has 3 nitrogen and oxygen atoms in total. The van der Waals surface area contributed by atoms with Crippen molar-refractivity contribution in [3.63, 3.8) is 0 Å². The first-order valence-corrected chi connectivity index (χ1v) is 8.37. The zero-order chi connectivity index (χ0) is 14.8. The first-order chi connectivity index (χ1) is 9.61. The van der Waals surface area contributed by atoms with Crippen LogP contribution in [0.25, 0.3) is 0 Å². The lowest BCUT2D eigenvalue weighted by Crippen LogP contribution is -2.28. The van der Waals surface area contributed by atoms with Crippen LogP contribution in [0.2, 0.25) is 0 Å². The normalized spacial score (nSPS) is 12.3. The van der Waals surface area contributed by atoms with E-state index in [-0.39, 0.29) is 5.97 Å². The van der Waals surface area contributed by atoms with Gasteiger partial charge < -0.3 is 10.1 Å². The molecular formula is C16H27NO2S. The Morgan fingerprint density at radius 1 is 1.35 bits per heavy atom. The van der Waals surface area contributed by atoms with Crippen molar-refractivity contribution in [3.8, 4) is 0 Å². The molecule has 1 N–H and O–H groups in total. The predicted octanol–water partition coefficient (Wildman–Crippen LogP) is 3.70. The minimum atomic E-state index is -0.0677. The minimum Gasteiger partial charge on any atom is -0.466 e. The van der Waals surface area contributed by atoms with Gasteiger partial charge in [-0.05, 0) is 58.7 Å². The summed E-state index contributed by atoms with van der Waals surface area (Å²) in [7, 11) is 0. The number of rotatable bonds is 10. The Labute approximate surface area is 126 Å². The molecule has 0 aromatic carbocycles. The van der Waals surface area contributed by atoms with Crippen molar-refractivity contribution in [1.82, 2.24) is 5.32 Å². The summed E-state index contributed by atoms with van der Waals surface area (Å²) in [5, 5.41) is 3.54. The fourth-order valence-electron chi connectivity index (χ4n) is 2.12. The van der Waals surface area contributed by atoms with Gasteiger partial charge in [0, 0.05) is 22.2 Å². The third-order valence-corrected chi connectivity index (χ3v) is 4.18. The topological polar surface area (TPSA) is 38.3 Å². The number of carbonyl (C=O) groups is 1. The molecule has 1 rings (SSSR count). The molecule has 0 saturated carbocycles. The average molecular weight is 297 g/mol. The number of carbonyl (C=O) groups excluding carboxylic acids is 1. The van der Waals surface area contributed by atoms with E-state index in [0.29, 0.717) is 19.1 Å². The average Bonchev–Trinajstić information content (AvgIpc) is 2.79. The molecule has 0 amide bonds. The summed E-state index contributed by atoms with van der Waals surface area (Å²) in [6, 6.07) is 4.91. The fourth-order valence-corrected chi connectivity index (χ4v) is 3.14. The molecular weight excluding hydrogens is 270 g/mol. The Morgan fingerprint density at radius 2 is 2.15 bits per heavy atom. The van der Waals surface area contributed by atoms with E-state index in [1.54, 1.807) is 0 Å². The van der Waals surface area contributed by atoms with Gasteiger partial charge in [-0.1, -0.05) is 6.42 Å². The number of unbranched alkanes of at least 4 members (excludes halogenated alkanes) is 2. The highest BCUT2D eigenvalue weighted by atomic mass is 32.1. The van der Waals surface area contributed by atoms with Gasteiger partial charge in [-0.25, -0.2) is 0 Å². The Balaban J connectivity index is 1.99. The highest BCUT2D eigenvalue weighted by Gasteiger charge is 2.05. The van der Waals surface area contributed by atoms with Crippen molar-refractivity contribution < 1.29 is 9.53 Å². The zero-order valence-corrected chi connectivity index (χ0v) is 13.7. The fraction of sp³-hybridized carbons (Fsp3) is 0.688. The molecule has 1 heterocycles. The second kappa shape index (κ2) is 9.94. The lowest BCUT2D eigenvalue weighted by molar-refractivity contribution is -0.143. The molecule has 0 aliphatic heterocycles. The van der Waals surface area contributed by atoms with E-state index < -0.39 is 0 Å². The van der Waals surface area contributed by atoms with Gasteiger partial charge >= 0.3 is 5.97 Å². The molecule has 0 bridgehead atoms. The monoisotopic (exact) mass is 297 g/mol. The Kier molecular flexibility index (Phi) is 8.54. The van der Waals surface area contributed by atoms with Crippen LogP contribution < -0.4 is 5.32 Å². The van der Waals surface area contributed by atoms with Crippen molar-refractivity contribution in [2.24, 2.45) is 0 Å². The summed E-state index contributed by atoms with van der Waals surface area (Å²) in [5.74, 6) is -0.0677. The van der Waals surface area contributed by atoms with Crippen LogP contribution in [0.3, 0.4) is 0 Å². The molecule has 0 aliphatic carbocycles. The first-order valence-electron chi connectivity index (χ1n) is 7.56. The summed E-state index contributed by atoms with van der Waals surface area (Å²) < 4.78 is 4.90. The van der Waals surface area contributed by atoms with Gasteiger partial charge in [0.15, 0.2) is 0 Å². The van der Waals surface area contributed by atoms with Crippen LogP contribution in [0, 0.1) is 6.92 Å². The molecule has 0 saturated heterocycles. The number of aryl methyl sites for hydroxylation is 1. The number of hydrogen-bond donors (Lipinski definition) is 1. The van der Waals surface area contributed by atoms with E-state index in [2.05, 4.69) is 31.3 Å². The van der Waals surface area contributed by atoms with Gasteiger partial charge in [0.25, 0.3) is 0 Å². The maximum atomic E-state index is 11.2. The Bertz CT molecular complexity index is 390. The standard InChI is InChI=1S/C16H27NO2S/c1-4-19-16(18)8-6-5-7-11-17-13(2)12-15-10-9-14(3)20-15/h9-10,13,17H,4-8,11-12H2,1-3H3. The maximum Gasteiger partial charge on any atom is 0.305 e. The van der Waals surface area contributed by atoms with E-state index in [1.165, 1.54) is 9.75 Å². The van der Waals surface area contributed by atoms with Gasteiger partial charge in [-0.3, -0.25) is 4.79 Å². The number of ether oxygens (including phenoxy) is 1. The lowest BCUT2D eigenvalue weighted by atomic mass is 10.1. The van der Waals surface area contributed by atoms with Crippen LogP contribution in [-0.2, 0) is 16.0 Å². The molecule has 1 aromatic heterocycles. The molecule has 1 aromatic rings. The van der Waals surface area contributed by atoms with E-state index >= 15 is 0 Å². The van der Waals surface area contributed by atoms with E-state index in [1.807, 2.05) is 18.3 Å². The number of thiophene rings is 1. The minimum absolute atomic E-state index is 0.0677. The van der Waals surface area contributed by atoms with Crippen LogP contribution in [0.4, 0.5) is 0 Å². The van der Waals surface area contributed by atoms with Gasteiger partial charge in [-0.2, -0.15) is 0 Å². The van der Waals surface area contributed by atoms with Crippen LogP contribution in [0.15, 0.2) is 12.1 Å². The number of nitrogens with one attached hydrogen (secondary N) is 1. The van der Waals surface area contributed by atoms with Crippen molar-refractivity contribution in [2.75, 3.05) is 13.2 Å². The Hall–Kier alpha value is -0.870. The molecule has 1 atom stereocenters. The summed E-state index contributed by atoms with van der Waals surface area (Å²) in [6.07, 6.45) is 4.78. The quantitative estimate of drug-likeness (QED) is 0.528. The first kappa shape index (κ1) is 17.2. The predicted molar refractivity (Wildman–Crippen MR) is 85.3 cm³/mol. The van der Waals surface area contributed by atoms with Crippen molar-refractivity contribution >= 4 is 17.3 Å². The third kappa shape index (κ3) is 7.65. The molecule has 4 heteroatoms. The lowest BCUT2D eigenvalue weighted by Gasteiger charge is -2.12. The van der Waals surface area contributed by atoms with Gasteiger partial charge in [-0.15, -0.1) is 11.3 Å². The summed E-state index contributed by atoms with van der Waals surface area (Å²) in [4.78, 5) is 14.0. The smallest absolute Gasteiger partial charge is 0.305 e. The van der Waals surface area contributed by atoms with Crippen LogP contribution in [0.1, 0.15) is 49.3 Å². The van der Waals surface area contributed by atoms with Crippen LogP contribution >= 0.6 is 11.3 Å². The maximum absolute atomic E-state index is 11.2. The van der Waals surface area contributed by atoms with Crippen LogP contribution in [0.5, 0.6) is 0 Å². The van der Waals surface area contributed by atoms with Crippen LogP contribution in [-0.4, -0.2) is 25.2 Å². The van der Waals surface area contributed by atoms with Gasteiger partial charge in [0.1, 0.15) is 0 Å². The molecule has 0 spiro atoms.